The number of hydrogen-bond acceptors (Lipinski definition) is 3. The summed E-state index contributed by atoms with van der Waals surface area (Å²) in [6.07, 6.45) is 3.69. The number of nitrogens with one attached hydrogen (secondary N) is 1. The first kappa shape index (κ1) is 11.8. The normalized spacial score (nSPS) is 12.6. The van der Waals surface area contributed by atoms with Crippen molar-refractivity contribution in [1.82, 2.24) is 20.1 Å². The fraction of sp³-hybridized carbons (Fsp3) is 0.385. The Hall–Kier alpha value is -1.68. The molecule has 0 spiro atoms. The van der Waals surface area contributed by atoms with Gasteiger partial charge in [0.1, 0.15) is 0 Å². The standard InChI is InChI=1S/C13H18N4/c1-10-7-13(17(3)16-10)9-15-11(2)12-5-4-6-14-8-12/h4-8,11,15H,9H2,1-3H3/t11-/m1/s1. The highest BCUT2D eigenvalue weighted by molar-refractivity contribution is 5.14. The summed E-state index contributed by atoms with van der Waals surface area (Å²) in [7, 11) is 1.97. The maximum absolute atomic E-state index is 4.33. The molecule has 0 bridgehead atoms. The summed E-state index contributed by atoms with van der Waals surface area (Å²) in [4.78, 5) is 4.12. The van der Waals surface area contributed by atoms with Gasteiger partial charge in [-0.3, -0.25) is 9.67 Å². The van der Waals surface area contributed by atoms with Crippen LogP contribution in [-0.4, -0.2) is 14.8 Å². The average Bonchev–Trinajstić information content (AvgIpc) is 2.66. The second-order valence-electron chi connectivity index (χ2n) is 4.29. The zero-order chi connectivity index (χ0) is 12.3. The van der Waals surface area contributed by atoms with Crippen molar-refractivity contribution in [3.8, 4) is 0 Å². The first-order chi connectivity index (χ1) is 8.16. The van der Waals surface area contributed by atoms with Gasteiger partial charge in [0, 0.05) is 32.0 Å². The van der Waals surface area contributed by atoms with E-state index in [1.807, 2.05) is 30.9 Å². The lowest BCUT2D eigenvalue weighted by atomic mass is 10.1. The van der Waals surface area contributed by atoms with Crippen LogP contribution in [0.5, 0.6) is 0 Å². The van der Waals surface area contributed by atoms with E-state index >= 15 is 0 Å². The Kier molecular flexibility index (Phi) is 3.54. The molecule has 0 unspecified atom stereocenters. The number of aromatic nitrogens is 3. The topological polar surface area (TPSA) is 42.7 Å². The summed E-state index contributed by atoms with van der Waals surface area (Å²) in [5, 5.41) is 7.79. The van der Waals surface area contributed by atoms with Gasteiger partial charge in [0.2, 0.25) is 0 Å². The van der Waals surface area contributed by atoms with Crippen LogP contribution in [0.1, 0.15) is 29.9 Å². The van der Waals surface area contributed by atoms with Crippen molar-refractivity contribution in [3.05, 3.63) is 47.5 Å². The van der Waals surface area contributed by atoms with E-state index in [1.165, 1.54) is 11.3 Å². The minimum Gasteiger partial charge on any atom is -0.305 e. The van der Waals surface area contributed by atoms with E-state index in [9.17, 15) is 0 Å². The molecule has 0 aromatic carbocycles. The molecule has 0 aliphatic carbocycles. The van der Waals surface area contributed by atoms with Crippen LogP contribution < -0.4 is 5.32 Å². The molecule has 90 valence electrons. The Labute approximate surface area is 102 Å². The Morgan fingerprint density at radius 2 is 2.29 bits per heavy atom. The highest BCUT2D eigenvalue weighted by Crippen LogP contribution is 2.11. The van der Waals surface area contributed by atoms with Gasteiger partial charge in [0.15, 0.2) is 0 Å². The van der Waals surface area contributed by atoms with Crippen molar-refractivity contribution >= 4 is 0 Å². The van der Waals surface area contributed by atoms with E-state index in [4.69, 9.17) is 0 Å². The largest absolute Gasteiger partial charge is 0.305 e. The van der Waals surface area contributed by atoms with Gasteiger partial charge >= 0.3 is 0 Å². The molecule has 0 radical (unpaired) electrons. The number of hydrogen-bond donors (Lipinski definition) is 1. The molecule has 4 heteroatoms. The predicted molar refractivity (Wildman–Crippen MR) is 67.4 cm³/mol. The molecule has 0 aliphatic rings. The van der Waals surface area contributed by atoms with Gasteiger partial charge in [0.25, 0.3) is 0 Å². The molecule has 0 aliphatic heterocycles. The van der Waals surface area contributed by atoms with Crippen LogP contribution in [-0.2, 0) is 13.6 Å². The maximum atomic E-state index is 4.33. The number of pyridine rings is 1. The van der Waals surface area contributed by atoms with Gasteiger partial charge in [-0.25, -0.2) is 0 Å². The fourth-order valence-electron chi connectivity index (χ4n) is 1.84. The third kappa shape index (κ3) is 2.91. The molecule has 0 saturated heterocycles. The molecule has 2 rings (SSSR count). The highest BCUT2D eigenvalue weighted by Gasteiger charge is 2.06. The van der Waals surface area contributed by atoms with Crippen molar-refractivity contribution in [2.75, 3.05) is 0 Å². The third-order valence-electron chi connectivity index (χ3n) is 2.87. The van der Waals surface area contributed by atoms with Crippen molar-refractivity contribution in [2.45, 2.75) is 26.4 Å². The maximum Gasteiger partial charge on any atom is 0.0597 e. The van der Waals surface area contributed by atoms with Crippen LogP contribution in [0.15, 0.2) is 30.6 Å². The Balaban J connectivity index is 1.97. The zero-order valence-electron chi connectivity index (χ0n) is 10.5. The van der Waals surface area contributed by atoms with Crippen molar-refractivity contribution in [3.63, 3.8) is 0 Å². The average molecular weight is 230 g/mol. The summed E-state index contributed by atoms with van der Waals surface area (Å²) in [5.41, 5.74) is 3.45. The molecule has 0 saturated carbocycles. The summed E-state index contributed by atoms with van der Waals surface area (Å²) in [6.45, 7) is 4.96. The smallest absolute Gasteiger partial charge is 0.0597 e. The number of aryl methyl sites for hydroxylation is 2. The summed E-state index contributed by atoms with van der Waals surface area (Å²) >= 11 is 0. The van der Waals surface area contributed by atoms with Gasteiger partial charge in [-0.05, 0) is 31.5 Å². The van der Waals surface area contributed by atoms with Gasteiger partial charge in [0.05, 0.1) is 11.4 Å². The van der Waals surface area contributed by atoms with E-state index < -0.39 is 0 Å². The van der Waals surface area contributed by atoms with E-state index in [1.54, 1.807) is 6.20 Å². The zero-order valence-corrected chi connectivity index (χ0v) is 10.5. The van der Waals surface area contributed by atoms with Gasteiger partial charge in [-0.1, -0.05) is 6.07 Å². The second kappa shape index (κ2) is 5.10. The van der Waals surface area contributed by atoms with Crippen LogP contribution in [0.4, 0.5) is 0 Å². The van der Waals surface area contributed by atoms with Crippen molar-refractivity contribution in [1.29, 1.82) is 0 Å². The molecule has 1 atom stereocenters. The SMILES string of the molecule is Cc1cc(CN[C@H](C)c2cccnc2)n(C)n1. The molecule has 0 fully saturated rings. The van der Waals surface area contributed by atoms with E-state index in [0.717, 1.165) is 12.2 Å². The molecule has 2 heterocycles. The van der Waals surface area contributed by atoms with Gasteiger partial charge < -0.3 is 5.32 Å². The molecular weight excluding hydrogens is 212 g/mol. The molecule has 4 nitrogen and oxygen atoms in total. The highest BCUT2D eigenvalue weighted by atomic mass is 15.3. The van der Waals surface area contributed by atoms with Crippen LogP contribution in [0, 0.1) is 6.92 Å². The molecule has 0 amide bonds. The molecule has 17 heavy (non-hydrogen) atoms. The Morgan fingerprint density at radius 3 is 2.88 bits per heavy atom. The molecule has 1 N–H and O–H groups in total. The van der Waals surface area contributed by atoms with Crippen molar-refractivity contribution in [2.24, 2.45) is 7.05 Å². The van der Waals surface area contributed by atoms with E-state index in [-0.39, 0.29) is 0 Å². The van der Waals surface area contributed by atoms with Crippen LogP contribution in [0.2, 0.25) is 0 Å². The van der Waals surface area contributed by atoms with Crippen LogP contribution >= 0.6 is 0 Å². The summed E-state index contributed by atoms with van der Waals surface area (Å²) in [5.74, 6) is 0. The lowest BCUT2D eigenvalue weighted by Gasteiger charge is -2.13. The summed E-state index contributed by atoms with van der Waals surface area (Å²) in [6, 6.07) is 6.43. The Bertz CT molecular complexity index is 475. The fourth-order valence-corrected chi connectivity index (χ4v) is 1.84. The lowest BCUT2D eigenvalue weighted by Crippen LogP contribution is -2.19. The van der Waals surface area contributed by atoms with Crippen LogP contribution in [0.3, 0.4) is 0 Å². The quantitative estimate of drug-likeness (QED) is 0.873. The first-order valence-corrected chi connectivity index (χ1v) is 5.79. The minimum atomic E-state index is 0.291. The number of rotatable bonds is 4. The molecule has 2 aromatic heterocycles. The predicted octanol–water partition coefficient (Wildman–Crippen LogP) is 1.97. The first-order valence-electron chi connectivity index (χ1n) is 5.79. The molecule has 2 aromatic rings. The monoisotopic (exact) mass is 230 g/mol. The van der Waals surface area contributed by atoms with Crippen molar-refractivity contribution < 1.29 is 0 Å². The molecular formula is C13H18N4. The lowest BCUT2D eigenvalue weighted by molar-refractivity contribution is 0.547. The van der Waals surface area contributed by atoms with Gasteiger partial charge in [-0.15, -0.1) is 0 Å². The minimum absolute atomic E-state index is 0.291. The summed E-state index contributed by atoms with van der Waals surface area (Å²) < 4.78 is 1.91. The van der Waals surface area contributed by atoms with Crippen LogP contribution in [0.25, 0.3) is 0 Å². The Morgan fingerprint density at radius 1 is 1.47 bits per heavy atom. The third-order valence-corrected chi connectivity index (χ3v) is 2.87. The van der Waals surface area contributed by atoms with Gasteiger partial charge in [-0.2, -0.15) is 5.10 Å². The van der Waals surface area contributed by atoms with E-state index in [2.05, 4.69) is 34.5 Å². The number of nitrogens with zero attached hydrogens (tertiary/aromatic N) is 3. The second-order valence-corrected chi connectivity index (χ2v) is 4.29. The van der Waals surface area contributed by atoms with E-state index in [0.29, 0.717) is 6.04 Å².